The Balaban J connectivity index is 2.20. The summed E-state index contributed by atoms with van der Waals surface area (Å²) in [5.41, 5.74) is 5.13. The summed E-state index contributed by atoms with van der Waals surface area (Å²) in [7, 11) is 0. The van der Waals surface area contributed by atoms with E-state index in [9.17, 15) is 19.5 Å². The molecule has 2 aromatic rings. The highest BCUT2D eigenvalue weighted by atomic mass is 16.4. The first-order valence-electron chi connectivity index (χ1n) is 9.15. The summed E-state index contributed by atoms with van der Waals surface area (Å²) in [6.45, 7) is 5.62. The number of amides is 2. The first kappa shape index (κ1) is 21.6. The molecule has 29 heavy (non-hydrogen) atoms. The van der Waals surface area contributed by atoms with E-state index in [2.05, 4.69) is 21.2 Å². The van der Waals surface area contributed by atoms with Gasteiger partial charge in [-0.1, -0.05) is 25.1 Å². The molecule has 8 nitrogen and oxygen atoms in total. The molecule has 0 radical (unpaired) electrons. The van der Waals surface area contributed by atoms with Crippen molar-refractivity contribution < 1.29 is 19.5 Å². The Hall–Kier alpha value is -3.68. The number of nitrogens with zero attached hydrogens (tertiary/aromatic N) is 1. The molecule has 0 aromatic heterocycles. The highest BCUT2D eigenvalue weighted by molar-refractivity contribution is 6.35. The van der Waals surface area contributed by atoms with Gasteiger partial charge in [-0.3, -0.25) is 9.59 Å². The minimum Gasteiger partial charge on any atom is -0.478 e. The number of para-hydroxylation sites is 1. The average molecular weight is 396 g/mol. The van der Waals surface area contributed by atoms with Gasteiger partial charge in [-0.2, -0.15) is 5.10 Å². The highest BCUT2D eigenvalue weighted by Gasteiger charge is 2.14. The van der Waals surface area contributed by atoms with Crippen molar-refractivity contribution in [1.29, 1.82) is 0 Å². The minimum atomic E-state index is -1.08. The maximum atomic E-state index is 11.8. The number of carbonyl (C=O) groups excluding carboxylic acids is 2. The van der Waals surface area contributed by atoms with Crippen molar-refractivity contribution in [3.05, 3.63) is 59.2 Å². The van der Waals surface area contributed by atoms with Crippen molar-refractivity contribution in [2.75, 3.05) is 5.32 Å². The molecule has 2 aromatic carbocycles. The molecule has 2 amide bonds. The summed E-state index contributed by atoms with van der Waals surface area (Å²) >= 11 is 0. The number of hydrogen-bond acceptors (Lipinski definition) is 5. The summed E-state index contributed by atoms with van der Waals surface area (Å²) < 4.78 is 0. The molecule has 0 aliphatic heterocycles. The lowest BCUT2D eigenvalue weighted by Gasteiger charge is -2.12. The van der Waals surface area contributed by atoms with E-state index >= 15 is 0 Å². The minimum absolute atomic E-state index is 0.0719. The topological polar surface area (TPSA) is 120 Å². The van der Waals surface area contributed by atoms with Crippen LogP contribution in [0.1, 0.15) is 41.8 Å². The fourth-order valence-corrected chi connectivity index (χ4v) is 2.38. The van der Waals surface area contributed by atoms with Gasteiger partial charge in [-0.05, 0) is 50.1 Å². The Morgan fingerprint density at radius 1 is 1.10 bits per heavy atom. The number of nitrogens with one attached hydrogen (secondary N) is 3. The molecule has 152 valence electrons. The van der Waals surface area contributed by atoms with Crippen molar-refractivity contribution >= 4 is 35.4 Å². The molecule has 2 rings (SSSR count). The van der Waals surface area contributed by atoms with Crippen LogP contribution in [0.3, 0.4) is 0 Å². The monoisotopic (exact) mass is 396 g/mol. The Morgan fingerprint density at radius 3 is 2.48 bits per heavy atom. The zero-order valence-corrected chi connectivity index (χ0v) is 16.5. The summed E-state index contributed by atoms with van der Waals surface area (Å²) in [6.07, 6.45) is 1.99. The molecule has 0 saturated carbocycles. The van der Waals surface area contributed by atoms with Crippen LogP contribution >= 0.6 is 0 Å². The van der Waals surface area contributed by atoms with Crippen LogP contribution in [0.25, 0.3) is 0 Å². The van der Waals surface area contributed by atoms with E-state index < -0.39 is 17.8 Å². The summed E-state index contributed by atoms with van der Waals surface area (Å²) in [4.78, 5) is 34.9. The summed E-state index contributed by atoms with van der Waals surface area (Å²) in [6, 6.07) is 12.0. The highest BCUT2D eigenvalue weighted by Crippen LogP contribution is 2.23. The number of aryl methyl sites for hydroxylation is 1. The number of aromatic carboxylic acids is 1. The van der Waals surface area contributed by atoms with E-state index in [0.29, 0.717) is 17.7 Å². The second-order valence-electron chi connectivity index (χ2n) is 6.53. The van der Waals surface area contributed by atoms with Crippen molar-refractivity contribution in [2.24, 2.45) is 5.10 Å². The van der Waals surface area contributed by atoms with Crippen LogP contribution in [0.2, 0.25) is 0 Å². The van der Waals surface area contributed by atoms with E-state index in [4.69, 9.17) is 0 Å². The van der Waals surface area contributed by atoms with Crippen molar-refractivity contribution in [1.82, 2.24) is 10.7 Å². The standard InChI is InChI=1S/C21H24N4O4/c1-4-14(3)23-19(26)20(27)25-22-12-16-11-15(21(28)29)9-10-18(16)24-17-8-6-5-7-13(17)2/h5-12,14,24H,4H2,1-3H3,(H,23,26)(H,25,27)(H,28,29)/b22-12-/t14-/m1/s1. The molecule has 0 spiro atoms. The number of benzene rings is 2. The first-order valence-corrected chi connectivity index (χ1v) is 9.15. The summed E-state index contributed by atoms with van der Waals surface area (Å²) in [5, 5.41) is 18.8. The molecular weight excluding hydrogens is 372 g/mol. The molecular formula is C21H24N4O4. The molecule has 0 unspecified atom stereocenters. The molecule has 0 aliphatic carbocycles. The lowest BCUT2D eigenvalue weighted by Crippen LogP contribution is -2.41. The zero-order chi connectivity index (χ0) is 21.4. The average Bonchev–Trinajstić information content (AvgIpc) is 2.70. The Labute approximate surface area is 169 Å². The molecule has 1 atom stereocenters. The van der Waals surface area contributed by atoms with Crippen LogP contribution in [0.4, 0.5) is 11.4 Å². The predicted molar refractivity (Wildman–Crippen MR) is 111 cm³/mol. The second-order valence-corrected chi connectivity index (χ2v) is 6.53. The Kier molecular flexibility index (Phi) is 7.47. The zero-order valence-electron chi connectivity index (χ0n) is 16.5. The number of rotatable bonds is 7. The molecule has 0 aliphatic rings. The molecule has 4 N–H and O–H groups in total. The third-order valence-electron chi connectivity index (χ3n) is 4.28. The SMILES string of the molecule is CC[C@@H](C)NC(=O)C(=O)N/N=C\c1cc(C(=O)O)ccc1Nc1ccccc1C. The van der Waals surface area contributed by atoms with Gasteiger partial charge in [0, 0.05) is 23.0 Å². The summed E-state index contributed by atoms with van der Waals surface area (Å²) in [5.74, 6) is -2.77. The predicted octanol–water partition coefficient (Wildman–Crippen LogP) is 2.80. The smallest absolute Gasteiger partial charge is 0.335 e. The van der Waals surface area contributed by atoms with Gasteiger partial charge in [-0.15, -0.1) is 0 Å². The maximum absolute atomic E-state index is 11.8. The van der Waals surface area contributed by atoms with Crippen LogP contribution in [0.15, 0.2) is 47.6 Å². The fraction of sp³-hybridized carbons (Fsp3) is 0.238. The number of anilines is 2. The number of carboxylic acid groups (broad SMARTS) is 1. The quantitative estimate of drug-likeness (QED) is 0.326. The normalized spacial score (nSPS) is 11.7. The Bertz CT molecular complexity index is 940. The van der Waals surface area contributed by atoms with Crippen molar-refractivity contribution in [3.8, 4) is 0 Å². The van der Waals surface area contributed by atoms with Gasteiger partial charge in [-0.25, -0.2) is 10.2 Å². The van der Waals surface area contributed by atoms with E-state index in [0.717, 1.165) is 11.3 Å². The first-order chi connectivity index (χ1) is 13.8. The number of carbonyl (C=O) groups is 3. The fourth-order valence-electron chi connectivity index (χ4n) is 2.38. The molecule has 0 bridgehead atoms. The van der Waals surface area contributed by atoms with Crippen molar-refractivity contribution in [2.45, 2.75) is 33.2 Å². The van der Waals surface area contributed by atoms with Gasteiger partial charge in [0.25, 0.3) is 0 Å². The molecule has 0 saturated heterocycles. The van der Waals surface area contributed by atoms with E-state index in [1.807, 2.05) is 38.1 Å². The van der Waals surface area contributed by atoms with E-state index in [-0.39, 0.29) is 11.6 Å². The van der Waals surface area contributed by atoms with Gasteiger partial charge in [0.05, 0.1) is 11.8 Å². The molecule has 8 heteroatoms. The van der Waals surface area contributed by atoms with Gasteiger partial charge in [0.15, 0.2) is 0 Å². The maximum Gasteiger partial charge on any atom is 0.335 e. The van der Waals surface area contributed by atoms with Crippen LogP contribution < -0.4 is 16.1 Å². The van der Waals surface area contributed by atoms with Crippen molar-refractivity contribution in [3.63, 3.8) is 0 Å². The second kappa shape index (κ2) is 10.0. The lowest BCUT2D eigenvalue weighted by atomic mass is 10.1. The third-order valence-corrected chi connectivity index (χ3v) is 4.28. The number of hydrazone groups is 1. The molecule has 0 heterocycles. The van der Waals surface area contributed by atoms with E-state index in [1.165, 1.54) is 18.3 Å². The third kappa shape index (κ3) is 6.17. The van der Waals surface area contributed by atoms with Gasteiger partial charge >= 0.3 is 17.8 Å². The number of carboxylic acids is 1. The van der Waals surface area contributed by atoms with E-state index in [1.54, 1.807) is 13.0 Å². The largest absolute Gasteiger partial charge is 0.478 e. The van der Waals surface area contributed by atoms with Crippen LogP contribution in [-0.4, -0.2) is 35.1 Å². The lowest BCUT2D eigenvalue weighted by molar-refractivity contribution is -0.139. The van der Waals surface area contributed by atoms with Crippen LogP contribution in [0.5, 0.6) is 0 Å². The Morgan fingerprint density at radius 2 is 1.83 bits per heavy atom. The van der Waals surface area contributed by atoms with Crippen LogP contribution in [-0.2, 0) is 9.59 Å². The van der Waals surface area contributed by atoms with Crippen LogP contribution in [0, 0.1) is 6.92 Å². The molecule has 0 fully saturated rings. The van der Waals surface area contributed by atoms with Gasteiger partial charge in [0.1, 0.15) is 0 Å². The van der Waals surface area contributed by atoms with Gasteiger partial charge < -0.3 is 15.7 Å². The van der Waals surface area contributed by atoms with Gasteiger partial charge in [0.2, 0.25) is 0 Å². The number of hydrogen-bond donors (Lipinski definition) is 4.